The minimum absolute atomic E-state index is 0.0589. The molecule has 0 N–H and O–H groups in total. The quantitative estimate of drug-likeness (QED) is 0.287. The van der Waals surface area contributed by atoms with Crippen LogP contribution in [0.4, 0.5) is 4.39 Å². The van der Waals surface area contributed by atoms with Crippen molar-refractivity contribution in [2.24, 2.45) is 7.05 Å². The Bertz CT molecular complexity index is 1530. The maximum absolute atomic E-state index is 15.2. The summed E-state index contributed by atoms with van der Waals surface area (Å²) in [4.78, 5) is 0. The summed E-state index contributed by atoms with van der Waals surface area (Å²) in [5.41, 5.74) is 3.99. The predicted molar refractivity (Wildman–Crippen MR) is 117 cm³/mol. The number of rotatable bonds is 4. The molecule has 1 aliphatic rings. The van der Waals surface area contributed by atoms with E-state index in [1.807, 2.05) is 12.3 Å². The number of aryl methyl sites for hydroxylation is 2. The maximum atomic E-state index is 15.2. The Hall–Kier alpha value is -4.19. The Labute approximate surface area is 196 Å². The summed E-state index contributed by atoms with van der Waals surface area (Å²) < 4.78 is 20.7. The second-order valence-electron chi connectivity index (χ2n) is 7.98. The monoisotopic (exact) mass is 478 g/mol. The number of aromatic nitrogens is 10. The van der Waals surface area contributed by atoms with Crippen molar-refractivity contribution in [3.05, 3.63) is 76.6 Å². The number of fused-ring (bicyclic) bond motifs is 1. The van der Waals surface area contributed by atoms with E-state index in [4.69, 9.17) is 11.6 Å². The molecule has 0 radical (unpaired) electrons. The Morgan fingerprint density at radius 1 is 1.18 bits per heavy atom. The van der Waals surface area contributed by atoms with Gasteiger partial charge in [-0.15, -0.1) is 10.2 Å². The standard InChI is InChI=1S/C21H16ClFN10O/c1-30-18(8-24-28-30)14-7-26-31(9-14)17-4-2-12-6-13(10-33(34)21(12)17)19-16(32-11-25-27-29-32)5-3-15(22)20(19)23/h3,5-11,17H,2,4H2,1H3/t17-/m1/s1. The van der Waals surface area contributed by atoms with Crippen LogP contribution in [0.5, 0.6) is 0 Å². The maximum Gasteiger partial charge on any atom is 0.220 e. The number of benzene rings is 1. The number of hydrogen-bond donors (Lipinski definition) is 0. The van der Waals surface area contributed by atoms with Crippen LogP contribution in [0.25, 0.3) is 28.1 Å². The second kappa shape index (κ2) is 7.70. The van der Waals surface area contributed by atoms with Crippen LogP contribution >= 0.6 is 11.6 Å². The molecule has 0 saturated heterocycles. The largest absolute Gasteiger partial charge is 0.618 e. The van der Waals surface area contributed by atoms with Crippen LogP contribution in [0.3, 0.4) is 0 Å². The first-order chi connectivity index (χ1) is 16.5. The van der Waals surface area contributed by atoms with E-state index >= 15 is 4.39 Å². The molecule has 11 nitrogen and oxygen atoms in total. The number of pyridine rings is 1. The first-order valence-electron chi connectivity index (χ1n) is 10.4. The van der Waals surface area contributed by atoms with Crippen molar-refractivity contribution in [3.8, 4) is 28.1 Å². The molecule has 0 saturated carbocycles. The minimum Gasteiger partial charge on any atom is -0.618 e. The van der Waals surface area contributed by atoms with Gasteiger partial charge in [0, 0.05) is 24.4 Å². The zero-order valence-electron chi connectivity index (χ0n) is 17.7. The molecule has 0 aliphatic heterocycles. The molecule has 0 bridgehead atoms. The zero-order valence-corrected chi connectivity index (χ0v) is 18.5. The number of halogens is 2. The number of hydrogen-bond acceptors (Lipinski definition) is 7. The highest BCUT2D eigenvalue weighted by Crippen LogP contribution is 2.38. The van der Waals surface area contributed by atoms with Gasteiger partial charge in [-0.2, -0.15) is 14.5 Å². The molecular weight excluding hydrogens is 463 g/mol. The summed E-state index contributed by atoms with van der Waals surface area (Å²) >= 11 is 6.07. The highest BCUT2D eigenvalue weighted by molar-refractivity contribution is 6.31. The molecule has 6 rings (SSSR count). The van der Waals surface area contributed by atoms with E-state index in [1.165, 1.54) is 23.3 Å². The average Bonchev–Trinajstić information content (AvgIpc) is 3.61. The topological polar surface area (TPSA) is 119 Å². The fourth-order valence-electron chi connectivity index (χ4n) is 4.49. The Morgan fingerprint density at radius 2 is 2.06 bits per heavy atom. The van der Waals surface area contributed by atoms with E-state index < -0.39 is 5.82 Å². The first-order valence-corrected chi connectivity index (χ1v) is 10.8. The van der Waals surface area contributed by atoms with Gasteiger partial charge < -0.3 is 5.21 Å². The van der Waals surface area contributed by atoms with Gasteiger partial charge in [0.25, 0.3) is 0 Å². The molecule has 1 aliphatic carbocycles. The van der Waals surface area contributed by atoms with E-state index in [-0.39, 0.29) is 16.6 Å². The van der Waals surface area contributed by atoms with Gasteiger partial charge in [0.05, 0.1) is 39.9 Å². The zero-order chi connectivity index (χ0) is 23.4. The highest BCUT2D eigenvalue weighted by atomic mass is 35.5. The van der Waals surface area contributed by atoms with Gasteiger partial charge >= 0.3 is 0 Å². The molecule has 1 atom stereocenters. The SMILES string of the molecule is Cn1nncc1-c1cnn([C@@H]2CCc3cc(-c4c(-n5cnnn5)ccc(Cl)c4F)c[n+]([O-])c32)c1. The lowest BCUT2D eigenvalue weighted by Gasteiger charge is -2.15. The molecule has 0 amide bonds. The molecule has 0 spiro atoms. The predicted octanol–water partition coefficient (Wildman–Crippen LogP) is 2.28. The second-order valence-corrected chi connectivity index (χ2v) is 8.39. The molecule has 4 heterocycles. The van der Waals surface area contributed by atoms with Crippen LogP contribution in [0.2, 0.25) is 5.02 Å². The molecule has 34 heavy (non-hydrogen) atoms. The summed E-state index contributed by atoms with van der Waals surface area (Å²) in [6, 6.07) is 4.61. The first kappa shape index (κ1) is 20.4. The van der Waals surface area contributed by atoms with Crippen molar-refractivity contribution < 1.29 is 9.12 Å². The van der Waals surface area contributed by atoms with Crippen molar-refractivity contribution >= 4 is 11.6 Å². The number of nitrogens with zero attached hydrogens (tertiary/aromatic N) is 10. The van der Waals surface area contributed by atoms with Gasteiger partial charge in [-0.1, -0.05) is 16.8 Å². The minimum atomic E-state index is -0.648. The van der Waals surface area contributed by atoms with Gasteiger partial charge in [0.1, 0.15) is 12.4 Å². The van der Waals surface area contributed by atoms with Crippen LogP contribution in [0.1, 0.15) is 23.7 Å². The molecule has 0 fully saturated rings. The van der Waals surface area contributed by atoms with Crippen molar-refractivity contribution in [3.63, 3.8) is 0 Å². The Morgan fingerprint density at radius 3 is 2.82 bits per heavy atom. The fraction of sp³-hybridized carbons (Fsp3) is 0.190. The third-order valence-corrected chi connectivity index (χ3v) is 6.34. The van der Waals surface area contributed by atoms with Gasteiger partial charge in [-0.05, 0) is 41.5 Å². The molecule has 0 unspecified atom stereocenters. The van der Waals surface area contributed by atoms with Crippen LogP contribution in [-0.2, 0) is 13.5 Å². The summed E-state index contributed by atoms with van der Waals surface area (Å²) in [5, 5.41) is 36.6. The summed E-state index contributed by atoms with van der Waals surface area (Å²) in [6.45, 7) is 0. The van der Waals surface area contributed by atoms with Crippen LogP contribution < -0.4 is 4.73 Å². The van der Waals surface area contributed by atoms with E-state index in [0.717, 1.165) is 21.6 Å². The van der Waals surface area contributed by atoms with Crippen LogP contribution in [0, 0.1) is 11.0 Å². The van der Waals surface area contributed by atoms with Gasteiger partial charge in [0.2, 0.25) is 5.69 Å². The normalized spacial score (nSPS) is 15.1. The van der Waals surface area contributed by atoms with Crippen molar-refractivity contribution in [2.45, 2.75) is 18.9 Å². The Kier molecular flexibility index (Phi) is 4.62. The number of tetrazole rings is 1. The van der Waals surface area contributed by atoms with Crippen LogP contribution in [0.15, 0.2) is 49.3 Å². The van der Waals surface area contributed by atoms with Gasteiger partial charge in [-0.25, -0.2) is 9.07 Å². The lowest BCUT2D eigenvalue weighted by atomic mass is 10.0. The van der Waals surface area contributed by atoms with Gasteiger partial charge in [-0.3, -0.25) is 4.68 Å². The van der Waals surface area contributed by atoms with E-state index in [0.29, 0.717) is 29.8 Å². The average molecular weight is 479 g/mol. The van der Waals surface area contributed by atoms with Crippen molar-refractivity contribution in [1.29, 1.82) is 0 Å². The molecular formula is C21H16ClFN10O. The van der Waals surface area contributed by atoms with Crippen molar-refractivity contribution in [1.82, 2.24) is 45.0 Å². The molecule has 1 aromatic carbocycles. The summed E-state index contributed by atoms with van der Waals surface area (Å²) in [5.74, 6) is -0.648. The summed E-state index contributed by atoms with van der Waals surface area (Å²) in [7, 11) is 1.80. The van der Waals surface area contributed by atoms with E-state index in [9.17, 15) is 5.21 Å². The van der Waals surface area contributed by atoms with E-state index in [2.05, 4.69) is 30.9 Å². The summed E-state index contributed by atoms with van der Waals surface area (Å²) in [6.07, 6.45) is 9.29. The molecule has 13 heteroatoms. The molecule has 170 valence electrons. The third kappa shape index (κ3) is 3.14. The van der Waals surface area contributed by atoms with Crippen LogP contribution in [-0.4, -0.2) is 45.0 Å². The highest BCUT2D eigenvalue weighted by Gasteiger charge is 2.34. The fourth-order valence-corrected chi connectivity index (χ4v) is 4.65. The smallest absolute Gasteiger partial charge is 0.220 e. The third-order valence-electron chi connectivity index (χ3n) is 6.04. The lowest BCUT2D eigenvalue weighted by molar-refractivity contribution is -0.615. The Balaban J connectivity index is 1.43. The molecule has 5 aromatic rings. The van der Waals surface area contributed by atoms with Gasteiger partial charge in [0.15, 0.2) is 12.0 Å². The molecule has 4 aromatic heterocycles. The van der Waals surface area contributed by atoms with E-state index in [1.54, 1.807) is 34.9 Å². The van der Waals surface area contributed by atoms with Crippen molar-refractivity contribution in [2.75, 3.05) is 0 Å². The lowest BCUT2D eigenvalue weighted by Crippen LogP contribution is -2.34.